The van der Waals surface area contributed by atoms with Crippen LogP contribution in [0.2, 0.25) is 0 Å². The van der Waals surface area contributed by atoms with Gasteiger partial charge >= 0.3 is 0 Å². The molecule has 0 saturated heterocycles. The number of nitrogens with zero attached hydrogens (tertiary/aromatic N) is 2. The molecule has 3 heteroatoms. The van der Waals surface area contributed by atoms with Crippen molar-refractivity contribution in [2.45, 2.75) is 77.4 Å². The predicted octanol–water partition coefficient (Wildman–Crippen LogP) is 3.73. The smallest absolute Gasteiger partial charge is 0.0700 e. The van der Waals surface area contributed by atoms with Gasteiger partial charge in [-0.1, -0.05) is 39.5 Å². The maximum atomic E-state index is 10.5. The third-order valence-corrected chi connectivity index (χ3v) is 4.83. The minimum Gasteiger partial charge on any atom is -0.389 e. The largest absolute Gasteiger partial charge is 0.389 e. The SMILES string of the molecule is CCC(C)C(C)(O)Cc1ccn(C2CCCCC2)n1. The summed E-state index contributed by atoms with van der Waals surface area (Å²) in [7, 11) is 0. The molecule has 1 heterocycles. The van der Waals surface area contributed by atoms with Crippen molar-refractivity contribution in [2.75, 3.05) is 0 Å². The summed E-state index contributed by atoms with van der Waals surface area (Å²) in [5, 5.41) is 15.2. The Morgan fingerprint density at radius 1 is 1.42 bits per heavy atom. The van der Waals surface area contributed by atoms with Gasteiger partial charge in [0.2, 0.25) is 0 Å². The molecule has 1 fully saturated rings. The van der Waals surface area contributed by atoms with Crippen molar-refractivity contribution in [2.24, 2.45) is 5.92 Å². The van der Waals surface area contributed by atoms with Gasteiger partial charge in [-0.15, -0.1) is 0 Å². The summed E-state index contributed by atoms with van der Waals surface area (Å²) < 4.78 is 2.13. The number of aromatic nitrogens is 2. The summed E-state index contributed by atoms with van der Waals surface area (Å²) >= 11 is 0. The molecule has 1 saturated carbocycles. The van der Waals surface area contributed by atoms with Crippen molar-refractivity contribution in [3.05, 3.63) is 18.0 Å². The molecule has 1 aromatic rings. The Kier molecular flexibility index (Phi) is 4.67. The van der Waals surface area contributed by atoms with Crippen molar-refractivity contribution in [1.82, 2.24) is 9.78 Å². The first-order chi connectivity index (χ1) is 9.03. The molecule has 0 amide bonds. The van der Waals surface area contributed by atoms with Crippen LogP contribution in [0.1, 0.15) is 71.0 Å². The highest BCUT2D eigenvalue weighted by Gasteiger charge is 2.28. The maximum Gasteiger partial charge on any atom is 0.0700 e. The lowest BCUT2D eigenvalue weighted by molar-refractivity contribution is 0.00416. The quantitative estimate of drug-likeness (QED) is 0.880. The number of aliphatic hydroxyl groups is 1. The zero-order valence-electron chi connectivity index (χ0n) is 12.6. The van der Waals surface area contributed by atoms with E-state index in [0.717, 1.165) is 12.1 Å². The first-order valence-electron chi connectivity index (χ1n) is 7.79. The van der Waals surface area contributed by atoms with E-state index in [1.807, 2.05) is 6.92 Å². The molecule has 2 unspecified atom stereocenters. The molecular formula is C16H28N2O. The van der Waals surface area contributed by atoms with Gasteiger partial charge in [0, 0.05) is 12.6 Å². The molecule has 0 spiro atoms. The Labute approximate surface area is 117 Å². The third-order valence-electron chi connectivity index (χ3n) is 4.83. The van der Waals surface area contributed by atoms with Crippen LogP contribution in [0, 0.1) is 5.92 Å². The lowest BCUT2D eigenvalue weighted by Gasteiger charge is -2.29. The summed E-state index contributed by atoms with van der Waals surface area (Å²) in [5.74, 6) is 0.298. The average molecular weight is 264 g/mol. The predicted molar refractivity (Wildman–Crippen MR) is 78.1 cm³/mol. The van der Waals surface area contributed by atoms with E-state index in [1.165, 1.54) is 32.1 Å². The van der Waals surface area contributed by atoms with Crippen LogP contribution in [0.4, 0.5) is 0 Å². The molecule has 1 aliphatic rings. The third kappa shape index (κ3) is 3.59. The van der Waals surface area contributed by atoms with Gasteiger partial charge in [0.25, 0.3) is 0 Å². The van der Waals surface area contributed by atoms with Crippen LogP contribution in [0.3, 0.4) is 0 Å². The van der Waals surface area contributed by atoms with Gasteiger partial charge in [0.05, 0.1) is 17.3 Å². The van der Waals surface area contributed by atoms with Crippen molar-refractivity contribution in [1.29, 1.82) is 0 Å². The molecule has 2 atom stereocenters. The van der Waals surface area contributed by atoms with Gasteiger partial charge in [-0.2, -0.15) is 5.10 Å². The molecule has 0 aliphatic heterocycles. The van der Waals surface area contributed by atoms with Crippen LogP contribution < -0.4 is 0 Å². The molecule has 19 heavy (non-hydrogen) atoms. The highest BCUT2D eigenvalue weighted by Crippen LogP contribution is 2.28. The lowest BCUT2D eigenvalue weighted by Crippen LogP contribution is -2.35. The molecule has 0 aromatic carbocycles. The molecule has 3 nitrogen and oxygen atoms in total. The molecule has 2 rings (SSSR count). The molecule has 1 N–H and O–H groups in total. The van der Waals surface area contributed by atoms with E-state index in [2.05, 4.69) is 30.8 Å². The Hall–Kier alpha value is -0.830. The second-order valence-corrected chi connectivity index (χ2v) is 6.42. The monoisotopic (exact) mass is 264 g/mol. The van der Waals surface area contributed by atoms with Gasteiger partial charge in [-0.05, 0) is 31.7 Å². The van der Waals surface area contributed by atoms with Crippen molar-refractivity contribution in [3.63, 3.8) is 0 Å². The second-order valence-electron chi connectivity index (χ2n) is 6.42. The van der Waals surface area contributed by atoms with Crippen LogP contribution in [0.15, 0.2) is 12.3 Å². The second kappa shape index (κ2) is 6.08. The van der Waals surface area contributed by atoms with Crippen LogP contribution >= 0.6 is 0 Å². The minimum atomic E-state index is -0.652. The standard InChI is InChI=1S/C16H28N2O/c1-4-13(2)16(3,19)12-14-10-11-18(17-14)15-8-6-5-7-9-15/h10-11,13,15,19H,4-9,12H2,1-3H3. The van der Waals surface area contributed by atoms with Crippen molar-refractivity contribution < 1.29 is 5.11 Å². The van der Waals surface area contributed by atoms with E-state index in [-0.39, 0.29) is 0 Å². The Bertz CT molecular complexity index is 391. The number of hydrogen-bond donors (Lipinski definition) is 1. The fraction of sp³-hybridized carbons (Fsp3) is 0.812. The van der Waals surface area contributed by atoms with Crippen LogP contribution in [0.25, 0.3) is 0 Å². The maximum absolute atomic E-state index is 10.5. The van der Waals surface area contributed by atoms with Crippen molar-refractivity contribution >= 4 is 0 Å². The molecule has 1 aliphatic carbocycles. The minimum absolute atomic E-state index is 0.298. The van der Waals surface area contributed by atoms with E-state index in [0.29, 0.717) is 18.4 Å². The van der Waals surface area contributed by atoms with E-state index < -0.39 is 5.60 Å². The van der Waals surface area contributed by atoms with Crippen LogP contribution in [0.5, 0.6) is 0 Å². The summed E-state index contributed by atoms with van der Waals surface area (Å²) in [6, 6.07) is 2.65. The van der Waals surface area contributed by atoms with Gasteiger partial charge in [-0.3, -0.25) is 4.68 Å². The first-order valence-corrected chi connectivity index (χ1v) is 7.79. The zero-order chi connectivity index (χ0) is 13.9. The fourth-order valence-corrected chi connectivity index (χ4v) is 3.00. The highest BCUT2D eigenvalue weighted by molar-refractivity contribution is 5.05. The first kappa shape index (κ1) is 14.6. The summed E-state index contributed by atoms with van der Waals surface area (Å²) in [6.07, 6.45) is 10.3. The van der Waals surface area contributed by atoms with Gasteiger partial charge in [0.1, 0.15) is 0 Å². The van der Waals surface area contributed by atoms with E-state index in [1.54, 1.807) is 0 Å². The molecule has 0 radical (unpaired) electrons. The Morgan fingerprint density at radius 2 is 2.11 bits per heavy atom. The normalized spacial score (nSPS) is 22.1. The van der Waals surface area contributed by atoms with E-state index in [4.69, 9.17) is 5.10 Å². The summed E-state index contributed by atoms with van der Waals surface area (Å²) in [5.41, 5.74) is 0.372. The summed E-state index contributed by atoms with van der Waals surface area (Å²) in [4.78, 5) is 0. The fourth-order valence-electron chi connectivity index (χ4n) is 3.00. The van der Waals surface area contributed by atoms with Crippen LogP contribution in [-0.4, -0.2) is 20.5 Å². The molecule has 0 bridgehead atoms. The van der Waals surface area contributed by atoms with E-state index >= 15 is 0 Å². The average Bonchev–Trinajstić information content (AvgIpc) is 2.86. The van der Waals surface area contributed by atoms with Gasteiger partial charge < -0.3 is 5.11 Å². The lowest BCUT2D eigenvalue weighted by atomic mass is 9.85. The Morgan fingerprint density at radius 3 is 2.74 bits per heavy atom. The van der Waals surface area contributed by atoms with Gasteiger partial charge in [-0.25, -0.2) is 0 Å². The molecule has 108 valence electrons. The zero-order valence-corrected chi connectivity index (χ0v) is 12.6. The van der Waals surface area contributed by atoms with Crippen molar-refractivity contribution in [3.8, 4) is 0 Å². The number of rotatable bonds is 5. The topological polar surface area (TPSA) is 38.0 Å². The van der Waals surface area contributed by atoms with Crippen LogP contribution in [-0.2, 0) is 6.42 Å². The highest BCUT2D eigenvalue weighted by atomic mass is 16.3. The van der Waals surface area contributed by atoms with E-state index in [9.17, 15) is 5.11 Å². The Balaban J connectivity index is 2.00. The van der Waals surface area contributed by atoms with Gasteiger partial charge in [0.15, 0.2) is 0 Å². The molecule has 1 aromatic heterocycles. The number of hydrogen-bond acceptors (Lipinski definition) is 2. The molecular weight excluding hydrogens is 236 g/mol. The summed E-state index contributed by atoms with van der Waals surface area (Å²) in [6.45, 7) is 6.17.